The van der Waals surface area contributed by atoms with Gasteiger partial charge in [0.05, 0.1) is 11.8 Å². The molecule has 4 rings (SSSR count). The van der Waals surface area contributed by atoms with Gasteiger partial charge in [0.1, 0.15) is 0 Å². The zero-order valence-electron chi connectivity index (χ0n) is 19.1. The number of hydrogen-bond donors (Lipinski definition) is 2. The summed E-state index contributed by atoms with van der Waals surface area (Å²) in [5.41, 5.74) is 2.47. The van der Waals surface area contributed by atoms with Crippen LogP contribution in [0.15, 0.2) is 41.4 Å². The molecule has 4 atom stereocenters. The molecule has 7 nitrogen and oxygen atoms in total. The van der Waals surface area contributed by atoms with Crippen LogP contribution in [0.25, 0.3) is 0 Å². The van der Waals surface area contributed by atoms with E-state index in [1.54, 1.807) is 7.05 Å². The summed E-state index contributed by atoms with van der Waals surface area (Å²) >= 11 is 0. The fourth-order valence-electron chi connectivity index (χ4n) is 5.29. The number of nitrogens with one attached hydrogen (secondary N) is 2. The minimum Gasteiger partial charge on any atom is -0.370 e. The highest BCUT2D eigenvalue weighted by atomic mass is 127. The van der Waals surface area contributed by atoms with Crippen LogP contribution in [0.4, 0.5) is 5.69 Å². The molecule has 4 unspecified atom stereocenters. The normalized spacial score (nSPS) is 25.7. The maximum absolute atomic E-state index is 12.8. The van der Waals surface area contributed by atoms with Crippen molar-refractivity contribution in [2.75, 3.05) is 44.7 Å². The van der Waals surface area contributed by atoms with Gasteiger partial charge < -0.3 is 15.5 Å². The van der Waals surface area contributed by atoms with Gasteiger partial charge in [0, 0.05) is 45.5 Å². The summed E-state index contributed by atoms with van der Waals surface area (Å²) in [5, 5.41) is 6.57. The molecule has 8 heteroatoms. The predicted molar refractivity (Wildman–Crippen MR) is 138 cm³/mol. The maximum Gasteiger partial charge on any atom is 0.233 e. The van der Waals surface area contributed by atoms with Gasteiger partial charge in [-0.25, -0.2) is 0 Å². The number of carbonyl (C=O) groups excluding carboxylic acids is 2. The van der Waals surface area contributed by atoms with E-state index in [-0.39, 0.29) is 59.5 Å². The van der Waals surface area contributed by atoms with Crippen LogP contribution < -0.4 is 15.5 Å². The van der Waals surface area contributed by atoms with Crippen molar-refractivity contribution < 1.29 is 9.59 Å². The Kier molecular flexibility index (Phi) is 8.19. The van der Waals surface area contributed by atoms with Crippen molar-refractivity contribution in [2.45, 2.75) is 20.3 Å². The lowest BCUT2D eigenvalue weighted by Crippen LogP contribution is -2.45. The van der Waals surface area contributed by atoms with Gasteiger partial charge in [0.25, 0.3) is 0 Å². The number of halogens is 1. The van der Waals surface area contributed by atoms with E-state index in [0.29, 0.717) is 19.0 Å². The van der Waals surface area contributed by atoms with Crippen molar-refractivity contribution in [1.29, 1.82) is 0 Å². The molecule has 32 heavy (non-hydrogen) atoms. The lowest BCUT2D eigenvalue weighted by atomic mass is 9.85. The molecule has 2 aliphatic carbocycles. The van der Waals surface area contributed by atoms with Gasteiger partial charge in [-0.3, -0.25) is 19.5 Å². The molecule has 0 aromatic heterocycles. The van der Waals surface area contributed by atoms with Gasteiger partial charge in [0.2, 0.25) is 11.8 Å². The zero-order valence-corrected chi connectivity index (χ0v) is 21.4. The fraction of sp³-hybridized carbons (Fsp3) is 0.542. The molecule has 2 amide bonds. The quantitative estimate of drug-likeness (QED) is 0.171. The van der Waals surface area contributed by atoms with E-state index >= 15 is 0 Å². The number of allylic oxidation sites excluding steroid dienone is 2. The summed E-state index contributed by atoms with van der Waals surface area (Å²) in [6.07, 6.45) is 5.22. The third-order valence-electron chi connectivity index (χ3n) is 6.84. The third-order valence-corrected chi connectivity index (χ3v) is 6.84. The first kappa shape index (κ1) is 24.5. The molecule has 0 spiro atoms. The average molecular weight is 551 g/mol. The molecular weight excluding hydrogens is 517 g/mol. The third kappa shape index (κ3) is 4.79. The molecule has 1 saturated heterocycles. The Morgan fingerprint density at radius 3 is 2.38 bits per heavy atom. The molecule has 1 heterocycles. The first-order valence-corrected chi connectivity index (χ1v) is 11.3. The molecular formula is C24H34IN5O2. The molecule has 1 saturated carbocycles. The van der Waals surface area contributed by atoms with Crippen molar-refractivity contribution in [3.8, 4) is 0 Å². The van der Waals surface area contributed by atoms with Gasteiger partial charge in [-0.15, -0.1) is 24.0 Å². The number of aryl methyl sites for hydroxylation is 1. The second-order valence-electron chi connectivity index (χ2n) is 8.67. The van der Waals surface area contributed by atoms with Gasteiger partial charge in [-0.1, -0.05) is 24.3 Å². The largest absolute Gasteiger partial charge is 0.370 e. The van der Waals surface area contributed by atoms with Crippen LogP contribution in [-0.2, 0) is 9.59 Å². The summed E-state index contributed by atoms with van der Waals surface area (Å²) in [5.74, 6) is 0.966. The lowest BCUT2D eigenvalue weighted by molar-refractivity contribution is -0.140. The van der Waals surface area contributed by atoms with Crippen molar-refractivity contribution in [3.63, 3.8) is 0 Å². The second kappa shape index (κ2) is 10.7. The topological polar surface area (TPSA) is 77.0 Å². The van der Waals surface area contributed by atoms with Crippen LogP contribution in [0.1, 0.15) is 18.9 Å². The van der Waals surface area contributed by atoms with Crippen molar-refractivity contribution in [2.24, 2.45) is 28.7 Å². The van der Waals surface area contributed by atoms with Crippen LogP contribution >= 0.6 is 24.0 Å². The highest BCUT2D eigenvalue weighted by Crippen LogP contribution is 2.52. The number of likely N-dealkylation sites (N-methyl/N-ethyl adjacent to an activating group) is 1. The van der Waals surface area contributed by atoms with E-state index in [0.717, 1.165) is 26.1 Å². The Balaban J connectivity index is 0.00000289. The Labute approximate surface area is 207 Å². The average Bonchev–Trinajstić information content (AvgIpc) is 3.45. The van der Waals surface area contributed by atoms with Crippen molar-refractivity contribution in [1.82, 2.24) is 15.5 Å². The van der Waals surface area contributed by atoms with Crippen molar-refractivity contribution >= 4 is 47.4 Å². The molecule has 2 N–H and O–H groups in total. The lowest BCUT2D eigenvalue weighted by Gasteiger charge is -2.24. The number of amides is 2. The molecule has 1 aliphatic heterocycles. The number of hydrogen-bond acceptors (Lipinski definition) is 4. The molecule has 1 aromatic carbocycles. The minimum atomic E-state index is -0.124. The molecule has 174 valence electrons. The Morgan fingerprint density at radius 1 is 1.12 bits per heavy atom. The fourth-order valence-corrected chi connectivity index (χ4v) is 5.29. The summed E-state index contributed by atoms with van der Waals surface area (Å²) < 4.78 is 0. The van der Waals surface area contributed by atoms with Crippen molar-refractivity contribution in [3.05, 3.63) is 42.0 Å². The second-order valence-corrected chi connectivity index (χ2v) is 8.67. The monoisotopic (exact) mass is 551 g/mol. The minimum absolute atomic E-state index is 0. The number of imide groups is 1. The number of benzene rings is 1. The molecule has 3 aliphatic rings. The van der Waals surface area contributed by atoms with E-state index < -0.39 is 0 Å². The first-order chi connectivity index (χ1) is 15.0. The Morgan fingerprint density at radius 2 is 1.78 bits per heavy atom. The molecule has 2 bridgehead atoms. The number of rotatable bonds is 8. The van der Waals surface area contributed by atoms with Crippen LogP contribution in [0.2, 0.25) is 0 Å². The molecule has 2 fully saturated rings. The van der Waals surface area contributed by atoms with E-state index in [1.165, 1.54) is 16.2 Å². The van der Waals surface area contributed by atoms with Crippen LogP contribution in [-0.4, -0.2) is 62.4 Å². The van der Waals surface area contributed by atoms with Crippen LogP contribution in [0, 0.1) is 30.6 Å². The van der Waals surface area contributed by atoms with Gasteiger partial charge >= 0.3 is 0 Å². The van der Waals surface area contributed by atoms with E-state index in [1.807, 2.05) is 0 Å². The van der Waals surface area contributed by atoms with Gasteiger partial charge in [-0.05, 0) is 49.8 Å². The number of nitrogens with zero attached hydrogens (tertiary/aromatic N) is 3. The standard InChI is InChI=1S/C24H33N5O2.HI/c1-4-28(19-7-5-6-16(2)14-19)12-10-26-24(25-3)27-11-13-29-22(30)20-17-8-9-18(15-17)21(20)23(29)31;/h5-9,14,17-18,20-21H,4,10-13,15H2,1-3H3,(H2,25,26,27);1H. The van der Waals surface area contributed by atoms with Crippen LogP contribution in [0.3, 0.4) is 0 Å². The highest BCUT2D eigenvalue weighted by molar-refractivity contribution is 14.0. The van der Waals surface area contributed by atoms with E-state index in [9.17, 15) is 9.59 Å². The molecule has 1 aromatic rings. The first-order valence-electron chi connectivity index (χ1n) is 11.3. The summed E-state index contributed by atoms with van der Waals surface area (Å²) in [4.78, 5) is 33.6. The number of carbonyl (C=O) groups is 2. The maximum atomic E-state index is 12.8. The SMILES string of the molecule is CCN(CCNC(=NC)NCCN1C(=O)C2C3C=CC(C3)C2C1=O)c1cccc(C)c1.I. The highest BCUT2D eigenvalue weighted by Gasteiger charge is 2.58. The number of guanidine groups is 1. The Hall–Kier alpha value is -2.10. The summed E-state index contributed by atoms with van der Waals surface area (Å²) in [6, 6.07) is 8.51. The predicted octanol–water partition coefficient (Wildman–Crippen LogP) is 2.41. The van der Waals surface area contributed by atoms with E-state index in [2.05, 4.69) is 70.8 Å². The smallest absolute Gasteiger partial charge is 0.233 e. The zero-order chi connectivity index (χ0) is 22.0. The van der Waals surface area contributed by atoms with Gasteiger partial charge in [0.15, 0.2) is 5.96 Å². The molecule has 0 radical (unpaired) electrons. The number of anilines is 1. The Bertz CT molecular complexity index is 872. The van der Waals surface area contributed by atoms with E-state index in [4.69, 9.17) is 0 Å². The number of fused-ring (bicyclic) bond motifs is 5. The van der Waals surface area contributed by atoms with Crippen LogP contribution in [0.5, 0.6) is 0 Å². The summed E-state index contributed by atoms with van der Waals surface area (Å²) in [6.45, 7) is 7.65. The van der Waals surface area contributed by atoms with Gasteiger partial charge in [-0.2, -0.15) is 0 Å². The number of likely N-dealkylation sites (tertiary alicyclic amines) is 1. The summed E-state index contributed by atoms with van der Waals surface area (Å²) in [7, 11) is 1.73. The number of aliphatic imine (C=N–C) groups is 1.